The zero-order chi connectivity index (χ0) is 27.8. The van der Waals surface area contributed by atoms with Gasteiger partial charge in [-0.1, -0.05) is 46.7 Å². The van der Waals surface area contributed by atoms with Gasteiger partial charge in [0.05, 0.1) is 46.7 Å². The minimum atomic E-state index is -0.819. The summed E-state index contributed by atoms with van der Waals surface area (Å²) in [6.45, 7) is 1.69. The van der Waals surface area contributed by atoms with E-state index in [0.29, 0.717) is 53.3 Å². The number of hydrogen-bond donors (Lipinski definition) is 0. The predicted molar refractivity (Wildman–Crippen MR) is 148 cm³/mol. The van der Waals surface area contributed by atoms with Crippen LogP contribution in [0.15, 0.2) is 80.1 Å². The topological polar surface area (TPSA) is 100 Å². The smallest absolute Gasteiger partial charge is 0.338 e. The molecule has 0 N–H and O–H groups in total. The lowest BCUT2D eigenvalue weighted by Gasteiger charge is -2.24. The van der Waals surface area contributed by atoms with Crippen molar-refractivity contribution < 1.29 is 23.5 Å². The Balaban J connectivity index is 1.63. The van der Waals surface area contributed by atoms with Crippen molar-refractivity contribution in [1.82, 2.24) is 4.57 Å². The van der Waals surface area contributed by atoms with Gasteiger partial charge in [-0.15, -0.1) is 0 Å². The fraction of sp³-hybridized carbons (Fsp3) is 0.143. The van der Waals surface area contributed by atoms with Crippen molar-refractivity contribution in [1.29, 1.82) is 0 Å². The molecule has 1 aliphatic rings. The Morgan fingerprint density at radius 3 is 2.44 bits per heavy atom. The average molecular weight is 583 g/mol. The van der Waals surface area contributed by atoms with Crippen LogP contribution in [-0.2, 0) is 14.3 Å². The van der Waals surface area contributed by atoms with Crippen LogP contribution >= 0.6 is 34.5 Å². The lowest BCUT2D eigenvalue weighted by molar-refractivity contribution is -0.136. The van der Waals surface area contributed by atoms with Gasteiger partial charge in [0.2, 0.25) is 0 Å². The highest BCUT2D eigenvalue weighted by molar-refractivity contribution is 7.07. The summed E-state index contributed by atoms with van der Waals surface area (Å²) in [6.07, 6.45) is 1.61. The first kappa shape index (κ1) is 26.7. The number of benzene rings is 2. The highest BCUT2D eigenvalue weighted by atomic mass is 35.5. The molecule has 0 radical (unpaired) electrons. The van der Waals surface area contributed by atoms with Crippen LogP contribution < -0.4 is 14.9 Å². The van der Waals surface area contributed by atoms with Crippen LogP contribution in [0.3, 0.4) is 0 Å². The number of thiazole rings is 1. The van der Waals surface area contributed by atoms with E-state index in [0.717, 1.165) is 11.3 Å². The summed E-state index contributed by atoms with van der Waals surface area (Å²) in [6, 6.07) is 14.2. The molecule has 1 atom stereocenters. The van der Waals surface area contributed by atoms with E-state index in [1.54, 1.807) is 67.6 Å². The van der Waals surface area contributed by atoms with Crippen molar-refractivity contribution in [3.63, 3.8) is 0 Å². The maximum absolute atomic E-state index is 13.7. The third-order valence-corrected chi connectivity index (χ3v) is 7.72. The number of fused-ring (bicyclic) bond motifs is 1. The largest absolute Gasteiger partial charge is 0.466 e. The monoisotopic (exact) mass is 582 g/mol. The number of halogens is 2. The molecule has 2 aromatic carbocycles. The minimum absolute atomic E-state index is 0.221. The molecule has 0 aliphatic carbocycles. The number of allylic oxidation sites excluding steroid dienone is 1. The molecule has 4 aromatic rings. The molecule has 0 saturated heterocycles. The van der Waals surface area contributed by atoms with Crippen molar-refractivity contribution in [3.8, 4) is 11.3 Å². The summed E-state index contributed by atoms with van der Waals surface area (Å²) in [5.74, 6) is -0.188. The number of ether oxygens (including phenoxy) is 2. The Bertz CT molecular complexity index is 1830. The van der Waals surface area contributed by atoms with Gasteiger partial charge >= 0.3 is 11.9 Å². The molecule has 5 rings (SSSR count). The van der Waals surface area contributed by atoms with Gasteiger partial charge in [0.1, 0.15) is 11.5 Å². The molecular weight excluding hydrogens is 563 g/mol. The fourth-order valence-corrected chi connectivity index (χ4v) is 5.73. The normalized spacial score (nSPS) is 15.1. The SMILES string of the molecule is COC(=O)C1=C(C)N=c2sc(=Cc3ccc(-c4cc(Cl)ccc4Cl)o3)c(=O)n2C1c1ccc(C(=O)OC)cc1. The van der Waals surface area contributed by atoms with Gasteiger partial charge in [-0.25, -0.2) is 14.6 Å². The third-order valence-electron chi connectivity index (χ3n) is 6.17. The van der Waals surface area contributed by atoms with Gasteiger partial charge in [0, 0.05) is 16.7 Å². The van der Waals surface area contributed by atoms with Crippen LogP contribution in [0.2, 0.25) is 10.0 Å². The number of esters is 2. The molecule has 0 bridgehead atoms. The van der Waals surface area contributed by atoms with E-state index >= 15 is 0 Å². The molecule has 0 spiro atoms. The maximum atomic E-state index is 13.7. The number of nitrogens with zero attached hydrogens (tertiary/aromatic N) is 2. The van der Waals surface area contributed by atoms with E-state index in [2.05, 4.69) is 4.99 Å². The van der Waals surface area contributed by atoms with Crippen molar-refractivity contribution >= 4 is 52.6 Å². The lowest BCUT2D eigenvalue weighted by atomic mass is 9.95. The summed E-state index contributed by atoms with van der Waals surface area (Å²) in [7, 11) is 2.56. The average Bonchev–Trinajstić information content (AvgIpc) is 3.52. The van der Waals surface area contributed by atoms with Crippen molar-refractivity contribution in [3.05, 3.63) is 112 Å². The first-order valence-electron chi connectivity index (χ1n) is 11.6. The first-order valence-corrected chi connectivity index (χ1v) is 13.1. The molecule has 1 unspecified atom stereocenters. The third kappa shape index (κ3) is 4.96. The Labute approximate surface area is 236 Å². The number of methoxy groups -OCH3 is 2. The standard InChI is InChI=1S/C28H20Cl2N2O6S/c1-14-23(27(35)37-3)24(15-4-6-16(7-5-15)26(34)36-2)32-25(33)22(39-28(32)31-14)13-18-9-11-21(38-18)19-12-17(29)8-10-20(19)30/h4-13,24H,1-3H3. The number of furan rings is 1. The molecule has 0 amide bonds. The van der Waals surface area contributed by atoms with E-state index in [1.165, 1.54) is 18.8 Å². The Hall–Kier alpha value is -3.92. The Morgan fingerprint density at radius 1 is 1.03 bits per heavy atom. The molecule has 0 saturated carbocycles. The van der Waals surface area contributed by atoms with E-state index in [4.69, 9.17) is 37.1 Å². The van der Waals surface area contributed by atoms with Crippen LogP contribution in [-0.4, -0.2) is 30.7 Å². The molecule has 0 fully saturated rings. The molecule has 2 aromatic heterocycles. The first-order chi connectivity index (χ1) is 18.7. The summed E-state index contributed by atoms with van der Waals surface area (Å²) in [5, 5.41) is 0.987. The molecular formula is C28H20Cl2N2O6S. The summed E-state index contributed by atoms with van der Waals surface area (Å²) in [5.41, 5.74) is 1.83. The summed E-state index contributed by atoms with van der Waals surface area (Å²) >= 11 is 13.6. The molecule has 3 heterocycles. The van der Waals surface area contributed by atoms with Crippen LogP contribution in [0.5, 0.6) is 0 Å². The van der Waals surface area contributed by atoms with E-state index in [9.17, 15) is 14.4 Å². The quantitative estimate of drug-likeness (QED) is 0.314. The fourth-order valence-electron chi connectivity index (χ4n) is 4.32. The number of aromatic nitrogens is 1. The van der Waals surface area contributed by atoms with Crippen molar-refractivity contribution in [2.45, 2.75) is 13.0 Å². The number of carbonyl (C=O) groups excluding carboxylic acids is 2. The molecule has 1 aliphatic heterocycles. The van der Waals surface area contributed by atoms with Crippen LogP contribution in [0.25, 0.3) is 17.4 Å². The van der Waals surface area contributed by atoms with Crippen molar-refractivity contribution in [2.24, 2.45) is 4.99 Å². The number of rotatable bonds is 5. The van der Waals surface area contributed by atoms with Crippen LogP contribution in [0, 0.1) is 0 Å². The maximum Gasteiger partial charge on any atom is 0.338 e. The molecule has 39 heavy (non-hydrogen) atoms. The van der Waals surface area contributed by atoms with Crippen LogP contribution in [0.1, 0.15) is 34.6 Å². The zero-order valence-corrected chi connectivity index (χ0v) is 23.2. The van der Waals surface area contributed by atoms with Crippen LogP contribution in [0.4, 0.5) is 0 Å². The Morgan fingerprint density at radius 2 is 1.74 bits per heavy atom. The second-order valence-corrected chi connectivity index (χ2v) is 10.4. The van der Waals surface area contributed by atoms with E-state index < -0.39 is 18.0 Å². The van der Waals surface area contributed by atoms with Gasteiger partial charge in [-0.2, -0.15) is 0 Å². The molecule has 8 nitrogen and oxygen atoms in total. The minimum Gasteiger partial charge on any atom is -0.466 e. The van der Waals surface area contributed by atoms with E-state index in [-0.39, 0.29) is 11.1 Å². The summed E-state index contributed by atoms with van der Waals surface area (Å²) in [4.78, 5) is 43.4. The predicted octanol–water partition coefficient (Wildman–Crippen LogP) is 4.76. The molecule has 11 heteroatoms. The molecule has 198 valence electrons. The van der Waals surface area contributed by atoms with Gasteiger partial charge in [0.25, 0.3) is 5.56 Å². The second-order valence-electron chi connectivity index (χ2n) is 8.51. The van der Waals surface area contributed by atoms with Gasteiger partial charge in [0.15, 0.2) is 4.80 Å². The van der Waals surface area contributed by atoms with Crippen molar-refractivity contribution in [2.75, 3.05) is 14.2 Å². The highest BCUT2D eigenvalue weighted by Crippen LogP contribution is 2.33. The van der Waals surface area contributed by atoms with Gasteiger partial charge in [-0.3, -0.25) is 9.36 Å². The zero-order valence-electron chi connectivity index (χ0n) is 20.9. The van der Waals surface area contributed by atoms with Gasteiger partial charge < -0.3 is 13.9 Å². The highest BCUT2D eigenvalue weighted by Gasteiger charge is 2.33. The Kier molecular flexibility index (Phi) is 7.31. The number of hydrogen-bond acceptors (Lipinski definition) is 8. The van der Waals surface area contributed by atoms with E-state index in [1.807, 2.05) is 0 Å². The lowest BCUT2D eigenvalue weighted by Crippen LogP contribution is -2.39. The number of carbonyl (C=O) groups is 2. The van der Waals surface area contributed by atoms with Gasteiger partial charge in [-0.05, 0) is 55.0 Å². The second kappa shape index (κ2) is 10.7. The summed E-state index contributed by atoms with van der Waals surface area (Å²) < 4.78 is 17.5.